The molecule has 148 valence electrons. The fourth-order valence-corrected chi connectivity index (χ4v) is 6.46. The van der Waals surface area contributed by atoms with Gasteiger partial charge in [0.2, 0.25) is 11.9 Å². The van der Waals surface area contributed by atoms with E-state index in [1.807, 2.05) is 6.92 Å². The van der Waals surface area contributed by atoms with Crippen LogP contribution in [0.2, 0.25) is 0 Å². The smallest absolute Gasteiger partial charge is 0.232 e. The molecule has 4 aliphatic rings. The number of nitrogens with one attached hydrogen (secondary N) is 2. The lowest BCUT2D eigenvalue weighted by atomic mass is 9.49. The van der Waals surface area contributed by atoms with Gasteiger partial charge in [-0.15, -0.1) is 0 Å². The monoisotopic (exact) mass is 377 g/mol. The Labute approximate surface area is 167 Å². The maximum Gasteiger partial charge on any atom is 0.232 e. The molecule has 1 aromatic heterocycles. The van der Waals surface area contributed by atoms with Crippen LogP contribution in [-0.4, -0.2) is 21.5 Å². The second-order valence-corrected chi connectivity index (χ2v) is 9.74. The summed E-state index contributed by atoms with van der Waals surface area (Å²) in [5.41, 5.74) is 3.97. The van der Waals surface area contributed by atoms with Crippen molar-refractivity contribution in [3.8, 4) is 0 Å². The molecule has 2 N–H and O–H groups in total. The minimum Gasteiger partial charge on any atom is -0.354 e. The third-order valence-electron chi connectivity index (χ3n) is 7.16. The molecule has 0 saturated heterocycles. The molecular formula is C23H31N5. The molecule has 0 radical (unpaired) electrons. The first kappa shape index (κ1) is 17.9. The van der Waals surface area contributed by atoms with Crippen molar-refractivity contribution in [2.75, 3.05) is 17.2 Å². The molecule has 2 aromatic rings. The van der Waals surface area contributed by atoms with Crippen molar-refractivity contribution in [2.45, 2.75) is 59.3 Å². The van der Waals surface area contributed by atoms with Crippen molar-refractivity contribution in [1.29, 1.82) is 0 Å². The number of aryl methyl sites for hydroxylation is 3. The van der Waals surface area contributed by atoms with Crippen LogP contribution in [0.4, 0.5) is 17.6 Å². The topological polar surface area (TPSA) is 62.7 Å². The zero-order valence-electron chi connectivity index (χ0n) is 17.3. The molecule has 4 fully saturated rings. The number of hydrogen-bond donors (Lipinski definition) is 2. The van der Waals surface area contributed by atoms with Gasteiger partial charge in [-0.3, -0.25) is 0 Å². The van der Waals surface area contributed by atoms with Gasteiger partial charge >= 0.3 is 0 Å². The molecule has 4 bridgehead atoms. The molecule has 5 nitrogen and oxygen atoms in total. The Morgan fingerprint density at radius 1 is 0.893 bits per heavy atom. The quantitative estimate of drug-likeness (QED) is 0.753. The van der Waals surface area contributed by atoms with Crippen molar-refractivity contribution >= 4 is 17.6 Å². The predicted octanol–water partition coefficient (Wildman–Crippen LogP) is 5.17. The second kappa shape index (κ2) is 6.71. The summed E-state index contributed by atoms with van der Waals surface area (Å²) in [4.78, 5) is 13.7. The summed E-state index contributed by atoms with van der Waals surface area (Å²) in [5, 5.41) is 6.96. The highest BCUT2D eigenvalue weighted by Gasteiger charge is 2.50. The molecule has 0 atom stereocenters. The van der Waals surface area contributed by atoms with Gasteiger partial charge in [-0.05, 0) is 94.1 Å². The van der Waals surface area contributed by atoms with E-state index < -0.39 is 0 Å². The first-order valence-electron chi connectivity index (χ1n) is 10.8. The number of aromatic nitrogens is 3. The molecule has 0 spiro atoms. The van der Waals surface area contributed by atoms with Gasteiger partial charge in [-0.25, -0.2) is 0 Å². The Balaban J connectivity index is 1.31. The average molecular weight is 378 g/mol. The minimum absolute atomic E-state index is 0.469. The highest BCUT2D eigenvalue weighted by atomic mass is 15.2. The molecular weight excluding hydrogens is 346 g/mol. The zero-order valence-corrected chi connectivity index (χ0v) is 17.3. The Kier molecular flexibility index (Phi) is 4.29. The number of hydrogen-bond acceptors (Lipinski definition) is 5. The molecule has 4 aliphatic carbocycles. The van der Waals surface area contributed by atoms with E-state index in [0.29, 0.717) is 17.3 Å². The van der Waals surface area contributed by atoms with Crippen LogP contribution in [0.3, 0.4) is 0 Å². The molecule has 0 aliphatic heterocycles. The minimum atomic E-state index is 0.469. The molecule has 6 rings (SSSR count). The lowest BCUT2D eigenvalue weighted by Crippen LogP contribution is -2.49. The van der Waals surface area contributed by atoms with Gasteiger partial charge in [-0.1, -0.05) is 17.7 Å². The van der Waals surface area contributed by atoms with Gasteiger partial charge < -0.3 is 10.6 Å². The van der Waals surface area contributed by atoms with Crippen LogP contribution >= 0.6 is 0 Å². The standard InChI is InChI=1S/C23H31N5/c1-14-4-5-20(15(2)6-14)27-22-26-16(3)25-21(28-22)24-13-23-10-17-7-18(11-23)9-19(8-17)12-23/h4-6,17-19H,7-13H2,1-3H3,(H2,24,25,26,27,28). The fraction of sp³-hybridized carbons (Fsp3) is 0.609. The Morgan fingerprint density at radius 2 is 1.54 bits per heavy atom. The molecule has 0 amide bonds. The van der Waals surface area contributed by atoms with E-state index in [2.05, 4.69) is 57.6 Å². The van der Waals surface area contributed by atoms with Crippen molar-refractivity contribution < 1.29 is 0 Å². The summed E-state index contributed by atoms with van der Waals surface area (Å²) >= 11 is 0. The first-order valence-corrected chi connectivity index (χ1v) is 10.8. The van der Waals surface area contributed by atoms with Gasteiger partial charge in [0, 0.05) is 12.2 Å². The fourth-order valence-electron chi connectivity index (χ4n) is 6.46. The van der Waals surface area contributed by atoms with Crippen molar-refractivity contribution in [3.63, 3.8) is 0 Å². The van der Waals surface area contributed by atoms with Crippen LogP contribution in [-0.2, 0) is 0 Å². The van der Waals surface area contributed by atoms with Crippen LogP contribution < -0.4 is 10.6 Å². The van der Waals surface area contributed by atoms with E-state index in [9.17, 15) is 0 Å². The molecule has 1 aromatic carbocycles. The maximum atomic E-state index is 4.67. The van der Waals surface area contributed by atoms with Crippen LogP contribution in [0.5, 0.6) is 0 Å². The van der Waals surface area contributed by atoms with Crippen LogP contribution in [0.15, 0.2) is 18.2 Å². The Bertz CT molecular complexity index is 855. The largest absolute Gasteiger partial charge is 0.354 e. The van der Waals surface area contributed by atoms with E-state index >= 15 is 0 Å². The Hall–Kier alpha value is -2.17. The van der Waals surface area contributed by atoms with E-state index in [1.165, 1.54) is 49.7 Å². The third kappa shape index (κ3) is 3.47. The third-order valence-corrected chi connectivity index (χ3v) is 7.16. The van der Waals surface area contributed by atoms with E-state index in [0.717, 1.165) is 35.8 Å². The number of nitrogens with zero attached hydrogens (tertiary/aromatic N) is 3. The van der Waals surface area contributed by atoms with Gasteiger partial charge in [0.25, 0.3) is 0 Å². The summed E-state index contributed by atoms with van der Waals surface area (Å²) in [6.07, 6.45) is 8.62. The van der Waals surface area contributed by atoms with Gasteiger partial charge in [-0.2, -0.15) is 15.0 Å². The number of benzene rings is 1. The molecule has 1 heterocycles. The molecule has 28 heavy (non-hydrogen) atoms. The predicted molar refractivity (Wildman–Crippen MR) is 113 cm³/mol. The van der Waals surface area contributed by atoms with Crippen LogP contribution in [0.1, 0.15) is 55.5 Å². The van der Waals surface area contributed by atoms with E-state index in [4.69, 9.17) is 0 Å². The van der Waals surface area contributed by atoms with Crippen molar-refractivity contribution in [2.24, 2.45) is 23.2 Å². The zero-order chi connectivity index (χ0) is 19.3. The first-order chi connectivity index (χ1) is 13.5. The van der Waals surface area contributed by atoms with Gasteiger partial charge in [0.1, 0.15) is 5.82 Å². The summed E-state index contributed by atoms with van der Waals surface area (Å²) in [7, 11) is 0. The summed E-state index contributed by atoms with van der Waals surface area (Å²) in [6, 6.07) is 6.37. The van der Waals surface area contributed by atoms with Gasteiger partial charge in [0.15, 0.2) is 0 Å². The highest BCUT2D eigenvalue weighted by molar-refractivity contribution is 5.59. The summed E-state index contributed by atoms with van der Waals surface area (Å²) in [5.74, 6) is 4.97. The lowest BCUT2D eigenvalue weighted by Gasteiger charge is -2.56. The highest BCUT2D eigenvalue weighted by Crippen LogP contribution is 2.59. The summed E-state index contributed by atoms with van der Waals surface area (Å²) in [6.45, 7) is 7.15. The lowest BCUT2D eigenvalue weighted by molar-refractivity contribution is -0.0445. The Morgan fingerprint density at radius 3 is 2.18 bits per heavy atom. The van der Waals surface area contributed by atoms with E-state index in [1.54, 1.807) is 0 Å². The van der Waals surface area contributed by atoms with E-state index in [-0.39, 0.29) is 0 Å². The van der Waals surface area contributed by atoms with Crippen LogP contribution in [0.25, 0.3) is 0 Å². The van der Waals surface area contributed by atoms with Crippen LogP contribution in [0, 0.1) is 43.9 Å². The number of rotatable bonds is 5. The molecule has 5 heteroatoms. The van der Waals surface area contributed by atoms with Crippen molar-refractivity contribution in [3.05, 3.63) is 35.2 Å². The van der Waals surface area contributed by atoms with Crippen molar-refractivity contribution in [1.82, 2.24) is 15.0 Å². The number of anilines is 3. The molecule has 4 saturated carbocycles. The maximum absolute atomic E-state index is 4.67. The normalized spacial score (nSPS) is 30.5. The van der Waals surface area contributed by atoms with Gasteiger partial charge in [0.05, 0.1) is 0 Å². The summed E-state index contributed by atoms with van der Waals surface area (Å²) < 4.78 is 0. The SMILES string of the molecule is Cc1ccc(Nc2nc(C)nc(NCC34CC5CC(CC(C5)C3)C4)n2)c(C)c1. The molecule has 0 unspecified atom stereocenters. The average Bonchev–Trinajstić information content (AvgIpc) is 2.61. The second-order valence-electron chi connectivity index (χ2n) is 9.74.